The molecule has 0 saturated heterocycles. The molecule has 4 aliphatic carbocycles. The van der Waals surface area contributed by atoms with Crippen molar-refractivity contribution in [2.24, 2.45) is 23.3 Å². The van der Waals surface area contributed by atoms with Gasteiger partial charge in [0.1, 0.15) is 18.2 Å². The largest absolute Gasteiger partial charge is 0.480 e. The van der Waals surface area contributed by atoms with Crippen LogP contribution in [0.2, 0.25) is 0 Å². The Balaban J connectivity index is -0.000000138. The van der Waals surface area contributed by atoms with E-state index >= 15 is 0 Å². The van der Waals surface area contributed by atoms with Crippen LogP contribution < -0.4 is 32.7 Å². The Morgan fingerprint density at radius 2 is 0.944 bits per heavy atom. The van der Waals surface area contributed by atoms with E-state index in [1.807, 2.05) is 13.8 Å². The second-order valence-electron chi connectivity index (χ2n) is 14.3. The summed E-state index contributed by atoms with van der Waals surface area (Å²) in [6.07, 6.45) is 18.2. The number of hydrogen-bond acceptors (Lipinski definition) is 9. The van der Waals surface area contributed by atoms with Crippen molar-refractivity contribution in [3.05, 3.63) is 0 Å². The highest BCUT2D eigenvalue weighted by Gasteiger charge is 2.30. The highest BCUT2D eigenvalue weighted by molar-refractivity contribution is 7.59. The number of hydrogen-bond donors (Lipinski definition) is 9. The van der Waals surface area contributed by atoms with Crippen LogP contribution in [0.5, 0.6) is 0 Å². The molecule has 0 aliphatic heterocycles. The number of nitrogens with one attached hydrogen (secondary N) is 4. The van der Waals surface area contributed by atoms with E-state index in [4.69, 9.17) is 16.6 Å². The third-order valence-electron chi connectivity index (χ3n) is 9.95. The summed E-state index contributed by atoms with van der Waals surface area (Å²) < 4.78 is 0. The summed E-state index contributed by atoms with van der Waals surface area (Å²) in [4.78, 5) is 33.3. The van der Waals surface area contributed by atoms with Crippen LogP contribution in [0.15, 0.2) is 0 Å². The van der Waals surface area contributed by atoms with Crippen LogP contribution in [0, 0.1) is 11.8 Å². The highest BCUT2D eigenvalue weighted by atomic mass is 32.1. The van der Waals surface area contributed by atoms with Gasteiger partial charge in [-0.3, -0.25) is 14.4 Å². The van der Waals surface area contributed by atoms with Crippen LogP contribution in [0.25, 0.3) is 0 Å². The van der Waals surface area contributed by atoms with Gasteiger partial charge in [-0.25, -0.2) is 0 Å². The Morgan fingerprint density at radius 3 is 1.20 bits per heavy atom. The Morgan fingerprint density at radius 1 is 0.611 bits per heavy atom. The van der Waals surface area contributed by atoms with Gasteiger partial charge in [-0.15, -0.1) is 0 Å². The number of nitrogens with two attached hydrogens (primary N) is 2. The number of likely N-dealkylation sites (N-methyl/N-ethyl adjacent to an activating group) is 1. The number of carboxylic acids is 1. The first-order chi connectivity index (χ1) is 22.9. The van der Waals surface area contributed by atoms with Crippen molar-refractivity contribution < 1.29 is 29.7 Å². The predicted molar refractivity (Wildman–Crippen MR) is 240 cm³/mol. The summed E-state index contributed by atoms with van der Waals surface area (Å²) in [5.41, 5.74) is 11.2. The van der Waals surface area contributed by atoms with E-state index in [1.165, 1.54) is 51.4 Å². The lowest BCUT2D eigenvalue weighted by Crippen LogP contribution is -2.46. The van der Waals surface area contributed by atoms with Crippen molar-refractivity contribution in [3.63, 3.8) is 0 Å². The molecule has 12 nitrogen and oxygen atoms in total. The third kappa shape index (κ3) is 28.3. The molecule has 11 N–H and O–H groups in total. The minimum atomic E-state index is -1.04. The maximum Gasteiger partial charge on any atom is 0.320 e. The first-order valence-corrected chi connectivity index (χ1v) is 18.9. The zero-order valence-corrected chi connectivity index (χ0v) is 33.7. The monoisotopic (exact) mass is 817 g/mol. The number of carboxylic acid groups (broad SMARTS) is 1. The normalized spacial score (nSPS) is 19.5. The summed E-state index contributed by atoms with van der Waals surface area (Å²) in [7, 11) is 3.80. The smallest absolute Gasteiger partial charge is 0.320 e. The minimum Gasteiger partial charge on any atom is -0.480 e. The first-order valence-electron chi connectivity index (χ1n) is 18.9. The maximum absolute atomic E-state index is 11.3. The maximum atomic E-state index is 11.3. The number of amides is 2. The molecule has 14 heteroatoms. The number of aliphatic hydroxyl groups is 2. The standard InChI is InChI=1S/2C9H18N2O2.C9H17NO2.C9H19N.4CH4.2H2S/c2*1-2-3-7(10)8(12)9(13)11-6-4-5-6;1-10-8(9(11)12)7-5-3-2-4-6-7;1-8(10-2)9-6-4-3-5-7-9;;;;;;/h2*6-8,12H,2-5,10H2,1H3,(H,11,13);7-8,10H,2-6H2,1H3,(H,11,12);8-10H,3-7H2,1-2H3;4*1H4;2*1H2/t7-,8?;;;;;;;;;/m1........./s1. The molecule has 0 spiro atoms. The zero-order valence-electron chi connectivity index (χ0n) is 31.7. The van der Waals surface area contributed by atoms with Crippen molar-refractivity contribution in [1.29, 1.82) is 0 Å². The van der Waals surface area contributed by atoms with E-state index in [1.54, 1.807) is 7.05 Å². The van der Waals surface area contributed by atoms with Crippen molar-refractivity contribution in [2.75, 3.05) is 14.1 Å². The fraction of sp³-hybridized carbons (Fsp3) is 0.925. The van der Waals surface area contributed by atoms with E-state index in [0.717, 1.165) is 63.3 Å². The summed E-state index contributed by atoms with van der Waals surface area (Å²) in [5.74, 6) is -0.0312. The molecule has 0 radical (unpaired) electrons. The third-order valence-corrected chi connectivity index (χ3v) is 9.95. The molecule has 4 saturated carbocycles. The number of aliphatic hydroxyl groups excluding tert-OH is 2. The Labute approximate surface area is 346 Å². The molecule has 4 fully saturated rings. The lowest BCUT2D eigenvalue weighted by Gasteiger charge is -2.27. The van der Waals surface area contributed by atoms with Crippen LogP contribution in [-0.4, -0.2) is 95.7 Å². The van der Waals surface area contributed by atoms with Crippen LogP contribution in [0.4, 0.5) is 0 Å². The van der Waals surface area contributed by atoms with E-state index < -0.39 is 30.3 Å². The molecule has 0 aromatic rings. The SMILES string of the molecule is C.C.C.C.CCCC(N)C(O)C(=O)NC1CC1.CCC[C@@H](N)C(O)C(=O)NC1CC1.CNC(C(=O)O)C1CCCCC1.CNC(C)C1CCCCC1.S.S. The summed E-state index contributed by atoms with van der Waals surface area (Å²) in [6, 6.07) is 0.130. The van der Waals surface area contributed by atoms with Gasteiger partial charge in [-0.1, -0.05) is 94.9 Å². The summed E-state index contributed by atoms with van der Waals surface area (Å²) in [5, 5.41) is 39.4. The van der Waals surface area contributed by atoms with Gasteiger partial charge in [0.05, 0.1) is 0 Å². The van der Waals surface area contributed by atoms with Crippen LogP contribution >= 0.6 is 27.0 Å². The van der Waals surface area contributed by atoms with E-state index in [0.29, 0.717) is 18.8 Å². The lowest BCUT2D eigenvalue weighted by molar-refractivity contribution is -0.141. The van der Waals surface area contributed by atoms with Crippen molar-refractivity contribution >= 4 is 44.8 Å². The van der Waals surface area contributed by atoms with Gasteiger partial charge < -0.3 is 48.1 Å². The average Bonchev–Trinajstić information content (AvgIpc) is 4.04. The number of carbonyl (C=O) groups excluding carboxylic acids is 2. The van der Waals surface area contributed by atoms with Crippen molar-refractivity contribution in [2.45, 2.75) is 215 Å². The van der Waals surface area contributed by atoms with Gasteiger partial charge in [0.25, 0.3) is 11.8 Å². The average molecular weight is 817 g/mol. The topological polar surface area (TPSA) is 212 Å². The molecule has 0 bridgehead atoms. The Bertz CT molecular complexity index is 851. The quantitative estimate of drug-likeness (QED) is 0.0986. The highest BCUT2D eigenvalue weighted by Crippen LogP contribution is 2.27. The van der Waals surface area contributed by atoms with Crippen LogP contribution in [0.1, 0.15) is 166 Å². The Kier molecular flexibility index (Phi) is 44.9. The number of carbonyl (C=O) groups is 3. The molecule has 2 amide bonds. The fourth-order valence-corrected chi connectivity index (χ4v) is 6.30. The van der Waals surface area contributed by atoms with E-state index in [-0.39, 0.29) is 86.6 Å². The molecule has 6 atom stereocenters. The molecule has 54 heavy (non-hydrogen) atoms. The van der Waals surface area contributed by atoms with Gasteiger partial charge in [-0.2, -0.15) is 27.0 Å². The molecule has 4 aliphatic rings. The van der Waals surface area contributed by atoms with Gasteiger partial charge in [-0.05, 0) is 97.1 Å². The van der Waals surface area contributed by atoms with E-state index in [2.05, 4.69) is 35.2 Å². The molecule has 0 aromatic carbocycles. The van der Waals surface area contributed by atoms with Crippen molar-refractivity contribution in [1.82, 2.24) is 21.3 Å². The zero-order chi connectivity index (χ0) is 36.1. The molecular weight excluding hydrogens is 725 g/mol. The molecule has 4 rings (SSSR count). The fourth-order valence-electron chi connectivity index (χ4n) is 6.30. The molecule has 330 valence electrons. The van der Waals surface area contributed by atoms with Crippen LogP contribution in [0.3, 0.4) is 0 Å². The number of rotatable bonds is 15. The van der Waals surface area contributed by atoms with E-state index in [9.17, 15) is 24.6 Å². The Hall–Kier alpha value is -1.13. The van der Waals surface area contributed by atoms with Gasteiger partial charge in [0.15, 0.2) is 0 Å². The molecule has 0 heterocycles. The van der Waals surface area contributed by atoms with Crippen LogP contribution in [-0.2, 0) is 14.4 Å². The first kappa shape index (κ1) is 64.8. The second-order valence-corrected chi connectivity index (χ2v) is 14.3. The number of aliphatic carboxylic acids is 1. The van der Waals surface area contributed by atoms with Crippen molar-refractivity contribution in [3.8, 4) is 0 Å². The van der Waals surface area contributed by atoms with Gasteiger partial charge in [0, 0.05) is 30.2 Å². The second kappa shape index (κ2) is 37.4. The minimum absolute atomic E-state index is 0. The molecule has 0 aromatic heterocycles. The summed E-state index contributed by atoms with van der Waals surface area (Å²) >= 11 is 0. The molecule has 5 unspecified atom stereocenters. The predicted octanol–water partition coefficient (Wildman–Crippen LogP) is 5.69. The van der Waals surface area contributed by atoms with Gasteiger partial charge >= 0.3 is 5.97 Å². The van der Waals surface area contributed by atoms with Gasteiger partial charge in [0.2, 0.25) is 0 Å². The molecular formula is C40H92N6O6S2. The lowest BCUT2D eigenvalue weighted by atomic mass is 9.84. The summed E-state index contributed by atoms with van der Waals surface area (Å²) in [6.45, 7) is 6.26.